The summed E-state index contributed by atoms with van der Waals surface area (Å²) in [4.78, 5) is 4.36. The molecule has 0 fully saturated rings. The molecule has 1 aromatic carbocycles. The van der Waals surface area contributed by atoms with Crippen LogP contribution in [-0.2, 0) is 19.1 Å². The summed E-state index contributed by atoms with van der Waals surface area (Å²) < 4.78 is 43.5. The standard InChI is InChI=1S/C18H23F3N4O/c1-4-22-17(23-9-8-16-12(2)25-26-13(16)3)24-11-14-6-5-7-15(10-14)18(19,20)21/h5-7,10H,4,8-9,11H2,1-3H3,(H2,22,23,24). The summed E-state index contributed by atoms with van der Waals surface area (Å²) in [5.41, 5.74) is 1.74. The van der Waals surface area contributed by atoms with Crippen LogP contribution in [0.4, 0.5) is 13.2 Å². The Morgan fingerprint density at radius 1 is 1.23 bits per heavy atom. The lowest BCUT2D eigenvalue weighted by Crippen LogP contribution is -2.38. The molecule has 0 radical (unpaired) electrons. The minimum absolute atomic E-state index is 0.157. The Hall–Kier alpha value is -2.51. The fraction of sp³-hybridized carbons (Fsp3) is 0.444. The Kier molecular flexibility index (Phi) is 6.65. The lowest BCUT2D eigenvalue weighted by molar-refractivity contribution is -0.137. The van der Waals surface area contributed by atoms with Crippen LogP contribution in [0.25, 0.3) is 0 Å². The molecule has 0 amide bonds. The maximum Gasteiger partial charge on any atom is 0.416 e. The molecule has 0 aliphatic carbocycles. The van der Waals surface area contributed by atoms with Gasteiger partial charge in [0.15, 0.2) is 5.96 Å². The third-order valence-electron chi connectivity index (χ3n) is 3.87. The van der Waals surface area contributed by atoms with Gasteiger partial charge < -0.3 is 15.2 Å². The quantitative estimate of drug-likeness (QED) is 0.604. The van der Waals surface area contributed by atoms with Crippen LogP contribution in [0.15, 0.2) is 33.8 Å². The third kappa shape index (κ3) is 5.50. The largest absolute Gasteiger partial charge is 0.416 e. The van der Waals surface area contributed by atoms with Crippen LogP contribution in [0.5, 0.6) is 0 Å². The monoisotopic (exact) mass is 368 g/mol. The average molecular weight is 368 g/mol. The Labute approximate surface area is 150 Å². The van der Waals surface area contributed by atoms with Gasteiger partial charge in [0, 0.05) is 18.7 Å². The minimum atomic E-state index is -4.35. The highest BCUT2D eigenvalue weighted by molar-refractivity contribution is 5.79. The first-order valence-corrected chi connectivity index (χ1v) is 8.41. The topological polar surface area (TPSA) is 62.5 Å². The fourth-order valence-corrected chi connectivity index (χ4v) is 2.52. The summed E-state index contributed by atoms with van der Waals surface area (Å²) in [5.74, 6) is 1.34. The van der Waals surface area contributed by atoms with Gasteiger partial charge in [-0.15, -0.1) is 0 Å². The van der Waals surface area contributed by atoms with E-state index >= 15 is 0 Å². The van der Waals surface area contributed by atoms with Crippen LogP contribution in [0.2, 0.25) is 0 Å². The number of guanidine groups is 1. The van der Waals surface area contributed by atoms with E-state index in [0.29, 0.717) is 24.6 Å². The number of hydrogen-bond donors (Lipinski definition) is 2. The van der Waals surface area contributed by atoms with Gasteiger partial charge in [-0.2, -0.15) is 13.2 Å². The number of benzene rings is 1. The zero-order valence-electron chi connectivity index (χ0n) is 15.1. The molecule has 1 heterocycles. The summed E-state index contributed by atoms with van der Waals surface area (Å²) >= 11 is 0. The Morgan fingerprint density at radius 3 is 2.62 bits per heavy atom. The molecule has 0 aliphatic heterocycles. The number of aliphatic imine (C=N–C) groups is 1. The highest BCUT2D eigenvalue weighted by Crippen LogP contribution is 2.29. The normalized spacial score (nSPS) is 12.3. The van der Waals surface area contributed by atoms with Gasteiger partial charge in [-0.05, 0) is 44.9 Å². The summed E-state index contributed by atoms with van der Waals surface area (Å²) in [7, 11) is 0. The second-order valence-electron chi connectivity index (χ2n) is 5.87. The first-order chi connectivity index (χ1) is 12.3. The lowest BCUT2D eigenvalue weighted by atomic mass is 10.1. The van der Waals surface area contributed by atoms with Crippen molar-refractivity contribution < 1.29 is 17.7 Å². The van der Waals surface area contributed by atoms with Crippen molar-refractivity contribution >= 4 is 5.96 Å². The zero-order chi connectivity index (χ0) is 19.2. The number of aryl methyl sites for hydroxylation is 2. The van der Waals surface area contributed by atoms with Crippen molar-refractivity contribution in [2.45, 2.75) is 39.9 Å². The number of hydrogen-bond acceptors (Lipinski definition) is 3. The van der Waals surface area contributed by atoms with Crippen molar-refractivity contribution in [2.75, 3.05) is 13.1 Å². The van der Waals surface area contributed by atoms with Gasteiger partial charge in [0.2, 0.25) is 0 Å². The second kappa shape index (κ2) is 8.73. The summed E-state index contributed by atoms with van der Waals surface area (Å²) in [6, 6.07) is 5.20. The second-order valence-corrected chi connectivity index (χ2v) is 5.87. The summed E-state index contributed by atoms with van der Waals surface area (Å²) in [6.45, 7) is 7.10. The number of alkyl halides is 3. The van der Waals surface area contributed by atoms with E-state index < -0.39 is 11.7 Å². The lowest BCUT2D eigenvalue weighted by Gasteiger charge is -2.12. The van der Waals surface area contributed by atoms with Crippen molar-refractivity contribution in [1.82, 2.24) is 15.8 Å². The van der Waals surface area contributed by atoms with Gasteiger partial charge in [0.25, 0.3) is 0 Å². The van der Waals surface area contributed by atoms with E-state index in [2.05, 4.69) is 20.8 Å². The fourth-order valence-electron chi connectivity index (χ4n) is 2.52. The molecule has 0 bridgehead atoms. The maximum absolute atomic E-state index is 12.8. The molecule has 2 aromatic rings. The van der Waals surface area contributed by atoms with Crippen LogP contribution in [0, 0.1) is 13.8 Å². The van der Waals surface area contributed by atoms with E-state index in [0.717, 1.165) is 35.6 Å². The van der Waals surface area contributed by atoms with Crippen molar-refractivity contribution in [3.63, 3.8) is 0 Å². The molecule has 142 valence electrons. The number of aromatic nitrogens is 1. The summed E-state index contributed by atoms with van der Waals surface area (Å²) in [5, 5.41) is 10.2. The Morgan fingerprint density at radius 2 is 2.00 bits per heavy atom. The van der Waals surface area contributed by atoms with Crippen LogP contribution in [0.3, 0.4) is 0 Å². The van der Waals surface area contributed by atoms with E-state index in [1.807, 2.05) is 20.8 Å². The van der Waals surface area contributed by atoms with Crippen molar-refractivity contribution in [1.29, 1.82) is 0 Å². The minimum Gasteiger partial charge on any atom is -0.361 e. The number of halogens is 3. The van der Waals surface area contributed by atoms with E-state index in [1.54, 1.807) is 6.07 Å². The van der Waals surface area contributed by atoms with E-state index in [1.165, 1.54) is 6.07 Å². The van der Waals surface area contributed by atoms with Crippen molar-refractivity contribution in [2.24, 2.45) is 4.99 Å². The molecule has 2 N–H and O–H groups in total. The predicted octanol–water partition coefficient (Wildman–Crippen LogP) is 3.61. The molecule has 0 saturated carbocycles. The van der Waals surface area contributed by atoms with Crippen molar-refractivity contribution in [3.8, 4) is 0 Å². The first kappa shape index (κ1) is 19.8. The number of nitrogens with zero attached hydrogens (tertiary/aromatic N) is 2. The van der Waals surface area contributed by atoms with Crippen molar-refractivity contribution in [3.05, 3.63) is 52.4 Å². The first-order valence-electron chi connectivity index (χ1n) is 8.41. The molecule has 5 nitrogen and oxygen atoms in total. The maximum atomic E-state index is 12.8. The molecule has 0 spiro atoms. The highest BCUT2D eigenvalue weighted by atomic mass is 19.4. The van der Waals surface area contributed by atoms with E-state index in [4.69, 9.17) is 4.52 Å². The molecule has 0 unspecified atom stereocenters. The van der Waals surface area contributed by atoms with Gasteiger partial charge in [0.1, 0.15) is 5.76 Å². The van der Waals surface area contributed by atoms with Gasteiger partial charge in [-0.3, -0.25) is 0 Å². The molecule has 1 aromatic heterocycles. The van der Waals surface area contributed by atoms with Gasteiger partial charge in [0.05, 0.1) is 17.8 Å². The van der Waals surface area contributed by atoms with Crippen LogP contribution >= 0.6 is 0 Å². The molecule has 8 heteroatoms. The van der Waals surface area contributed by atoms with Crippen LogP contribution < -0.4 is 10.6 Å². The van der Waals surface area contributed by atoms with Crippen LogP contribution in [-0.4, -0.2) is 24.2 Å². The zero-order valence-corrected chi connectivity index (χ0v) is 15.1. The molecular formula is C18H23F3N4O. The average Bonchev–Trinajstić information content (AvgIpc) is 2.91. The van der Waals surface area contributed by atoms with Gasteiger partial charge >= 0.3 is 6.18 Å². The van der Waals surface area contributed by atoms with E-state index in [-0.39, 0.29) is 6.54 Å². The Bertz CT molecular complexity index is 734. The third-order valence-corrected chi connectivity index (χ3v) is 3.87. The number of rotatable bonds is 6. The molecule has 26 heavy (non-hydrogen) atoms. The molecule has 2 rings (SSSR count). The summed E-state index contributed by atoms with van der Waals surface area (Å²) in [6.07, 6.45) is -3.63. The van der Waals surface area contributed by atoms with E-state index in [9.17, 15) is 13.2 Å². The molecular weight excluding hydrogens is 345 g/mol. The van der Waals surface area contributed by atoms with Crippen LogP contribution in [0.1, 0.15) is 35.1 Å². The van der Waals surface area contributed by atoms with Gasteiger partial charge in [-0.25, -0.2) is 4.99 Å². The number of nitrogens with one attached hydrogen (secondary N) is 2. The molecule has 0 saturated heterocycles. The highest BCUT2D eigenvalue weighted by Gasteiger charge is 2.30. The molecule has 0 aliphatic rings. The smallest absolute Gasteiger partial charge is 0.361 e. The SMILES string of the molecule is CCNC(=NCc1cccc(C(F)(F)F)c1)NCCc1c(C)noc1C. The molecule has 0 atom stereocenters. The van der Waals surface area contributed by atoms with Gasteiger partial charge in [-0.1, -0.05) is 17.3 Å². The predicted molar refractivity (Wildman–Crippen MR) is 93.9 cm³/mol. The Balaban J connectivity index is 1.98.